The molecular formula is C15H18N2O4S. The third-order valence-electron chi connectivity index (χ3n) is 3.11. The number of phenols is 1. The predicted molar refractivity (Wildman–Crippen MR) is 84.6 cm³/mol. The molecule has 0 saturated carbocycles. The third-order valence-corrected chi connectivity index (χ3v) is 4.52. The molecule has 118 valence electrons. The molecule has 0 saturated heterocycles. The summed E-state index contributed by atoms with van der Waals surface area (Å²) in [6.07, 6.45) is 2.21. The first-order valence-corrected chi connectivity index (χ1v) is 8.35. The van der Waals surface area contributed by atoms with Gasteiger partial charge in [-0.25, -0.2) is 8.42 Å². The number of nitrogens with one attached hydrogen (secondary N) is 1. The summed E-state index contributed by atoms with van der Waals surface area (Å²) >= 11 is 0. The highest BCUT2D eigenvalue weighted by Crippen LogP contribution is 2.25. The summed E-state index contributed by atoms with van der Waals surface area (Å²) in [7, 11) is -3.93. The van der Waals surface area contributed by atoms with Crippen molar-refractivity contribution in [1.29, 1.82) is 0 Å². The van der Waals surface area contributed by atoms with Crippen LogP contribution in [0, 0.1) is 6.92 Å². The molecule has 2 aromatic rings. The van der Waals surface area contributed by atoms with Crippen LogP contribution in [0.5, 0.6) is 5.75 Å². The Labute approximate surface area is 129 Å². The fraction of sp³-hybridized carbons (Fsp3) is 0.267. The highest BCUT2D eigenvalue weighted by atomic mass is 32.2. The van der Waals surface area contributed by atoms with Gasteiger partial charge in [-0.05, 0) is 37.1 Å². The van der Waals surface area contributed by atoms with E-state index < -0.39 is 10.0 Å². The molecule has 6 nitrogen and oxygen atoms in total. The first-order valence-electron chi connectivity index (χ1n) is 6.86. The average Bonchev–Trinajstić information content (AvgIpc) is 2.45. The molecule has 22 heavy (non-hydrogen) atoms. The van der Waals surface area contributed by atoms with Gasteiger partial charge in [0, 0.05) is 18.8 Å². The summed E-state index contributed by atoms with van der Waals surface area (Å²) in [5, 5.41) is 9.76. The maximum Gasteiger partial charge on any atom is 0.265 e. The summed E-state index contributed by atoms with van der Waals surface area (Å²) in [6.45, 7) is 4.16. The molecule has 0 radical (unpaired) electrons. The van der Waals surface area contributed by atoms with Crippen LogP contribution in [0.3, 0.4) is 0 Å². The van der Waals surface area contributed by atoms with Gasteiger partial charge in [-0.1, -0.05) is 13.0 Å². The number of anilines is 1. The van der Waals surface area contributed by atoms with Gasteiger partial charge >= 0.3 is 0 Å². The zero-order valence-electron chi connectivity index (χ0n) is 12.4. The van der Waals surface area contributed by atoms with Crippen molar-refractivity contribution in [3.8, 4) is 5.75 Å². The fourth-order valence-corrected chi connectivity index (χ4v) is 3.28. The second-order valence-corrected chi connectivity index (χ2v) is 6.68. The van der Waals surface area contributed by atoms with E-state index in [2.05, 4.69) is 4.72 Å². The normalized spacial score (nSPS) is 11.4. The van der Waals surface area contributed by atoms with Crippen molar-refractivity contribution in [1.82, 2.24) is 4.57 Å². The average molecular weight is 322 g/mol. The van der Waals surface area contributed by atoms with Gasteiger partial charge in [-0.2, -0.15) is 0 Å². The number of aromatic hydroxyl groups is 1. The molecule has 0 fully saturated rings. The zero-order chi connectivity index (χ0) is 16.3. The molecule has 0 aliphatic carbocycles. The van der Waals surface area contributed by atoms with Gasteiger partial charge in [0.15, 0.2) is 0 Å². The van der Waals surface area contributed by atoms with Crippen LogP contribution < -0.4 is 10.3 Å². The molecular weight excluding hydrogens is 304 g/mol. The highest BCUT2D eigenvalue weighted by Gasteiger charge is 2.19. The van der Waals surface area contributed by atoms with Gasteiger partial charge in [0.2, 0.25) is 0 Å². The molecule has 0 bridgehead atoms. The van der Waals surface area contributed by atoms with Crippen LogP contribution in [-0.2, 0) is 16.6 Å². The lowest BCUT2D eigenvalue weighted by Gasteiger charge is -2.12. The summed E-state index contributed by atoms with van der Waals surface area (Å²) in [5.41, 5.74) is 0.797. The maximum atomic E-state index is 12.4. The first-order chi connectivity index (χ1) is 10.3. The van der Waals surface area contributed by atoms with E-state index in [1.54, 1.807) is 13.0 Å². The molecule has 0 aliphatic rings. The number of aromatic nitrogens is 1. The molecule has 7 heteroatoms. The number of hydrogen-bond acceptors (Lipinski definition) is 4. The lowest BCUT2D eigenvalue weighted by atomic mass is 10.2. The van der Waals surface area contributed by atoms with Crippen LogP contribution in [0.15, 0.2) is 46.2 Å². The van der Waals surface area contributed by atoms with Crippen LogP contribution in [-0.4, -0.2) is 18.1 Å². The Morgan fingerprint density at radius 2 is 1.95 bits per heavy atom. The topological polar surface area (TPSA) is 88.4 Å². The van der Waals surface area contributed by atoms with E-state index in [4.69, 9.17) is 0 Å². The van der Waals surface area contributed by atoms with Gasteiger partial charge in [0.1, 0.15) is 10.6 Å². The Kier molecular flexibility index (Phi) is 4.56. The Morgan fingerprint density at radius 3 is 2.64 bits per heavy atom. The van der Waals surface area contributed by atoms with Gasteiger partial charge in [-0.3, -0.25) is 9.52 Å². The number of rotatable bonds is 5. The van der Waals surface area contributed by atoms with Crippen molar-refractivity contribution in [3.05, 3.63) is 52.4 Å². The summed E-state index contributed by atoms with van der Waals surface area (Å²) in [6, 6.07) is 7.06. The van der Waals surface area contributed by atoms with E-state index in [-0.39, 0.29) is 21.9 Å². The van der Waals surface area contributed by atoms with E-state index in [0.717, 1.165) is 6.42 Å². The van der Waals surface area contributed by atoms with Crippen molar-refractivity contribution in [2.45, 2.75) is 31.7 Å². The van der Waals surface area contributed by atoms with Crippen molar-refractivity contribution in [3.63, 3.8) is 0 Å². The van der Waals surface area contributed by atoms with Gasteiger partial charge in [-0.15, -0.1) is 0 Å². The van der Waals surface area contributed by atoms with E-state index in [0.29, 0.717) is 12.1 Å². The lowest BCUT2D eigenvalue weighted by molar-refractivity contribution is 0.459. The van der Waals surface area contributed by atoms with Gasteiger partial charge in [0.25, 0.3) is 15.6 Å². The standard InChI is InChI=1S/C15H18N2O4S/c1-3-8-17-10-12(5-7-15(17)19)16-22(20,21)14-9-11(2)4-6-13(14)18/h4-7,9-10,16,18H,3,8H2,1-2H3. The number of phenolic OH excluding ortho intramolecular Hbond substituents is 1. The smallest absolute Gasteiger partial charge is 0.265 e. The third kappa shape index (κ3) is 3.48. The van der Waals surface area contributed by atoms with Crippen molar-refractivity contribution >= 4 is 15.7 Å². The maximum absolute atomic E-state index is 12.4. The SMILES string of the molecule is CCCn1cc(NS(=O)(=O)c2cc(C)ccc2O)ccc1=O. The summed E-state index contributed by atoms with van der Waals surface area (Å²) in [4.78, 5) is 11.4. The molecule has 0 amide bonds. The molecule has 1 aromatic heterocycles. The van der Waals surface area contributed by atoms with Gasteiger partial charge < -0.3 is 9.67 Å². The van der Waals surface area contributed by atoms with Crippen LogP contribution in [0.25, 0.3) is 0 Å². The molecule has 0 atom stereocenters. The van der Waals surface area contributed by atoms with E-state index in [1.807, 2.05) is 6.92 Å². The van der Waals surface area contributed by atoms with Gasteiger partial charge in [0.05, 0.1) is 5.69 Å². The van der Waals surface area contributed by atoms with Crippen LogP contribution in [0.4, 0.5) is 5.69 Å². The van der Waals surface area contributed by atoms with Crippen molar-refractivity contribution < 1.29 is 13.5 Å². The monoisotopic (exact) mass is 322 g/mol. The van der Waals surface area contributed by atoms with E-state index >= 15 is 0 Å². The summed E-state index contributed by atoms with van der Waals surface area (Å²) < 4.78 is 28.6. The molecule has 2 N–H and O–H groups in total. The van der Waals surface area contributed by atoms with Crippen molar-refractivity contribution in [2.75, 3.05) is 4.72 Å². The fourth-order valence-electron chi connectivity index (χ4n) is 2.05. The molecule has 1 heterocycles. The Bertz CT molecular complexity index is 841. The lowest BCUT2D eigenvalue weighted by Crippen LogP contribution is -2.20. The Morgan fingerprint density at radius 1 is 1.23 bits per heavy atom. The minimum absolute atomic E-state index is 0.191. The minimum Gasteiger partial charge on any atom is -0.507 e. The Balaban J connectivity index is 2.39. The zero-order valence-corrected chi connectivity index (χ0v) is 13.2. The number of benzene rings is 1. The molecule has 0 spiro atoms. The number of hydrogen-bond donors (Lipinski definition) is 2. The molecule has 0 aliphatic heterocycles. The van der Waals surface area contributed by atoms with E-state index in [9.17, 15) is 18.3 Å². The Hall–Kier alpha value is -2.28. The largest absolute Gasteiger partial charge is 0.507 e. The summed E-state index contributed by atoms with van der Waals surface area (Å²) in [5.74, 6) is -0.319. The van der Waals surface area contributed by atoms with Crippen LogP contribution in [0.2, 0.25) is 0 Å². The van der Waals surface area contributed by atoms with Crippen LogP contribution in [0.1, 0.15) is 18.9 Å². The molecule has 1 aromatic carbocycles. The van der Waals surface area contributed by atoms with E-state index in [1.165, 1.54) is 35.0 Å². The highest BCUT2D eigenvalue weighted by molar-refractivity contribution is 7.92. The van der Waals surface area contributed by atoms with Crippen molar-refractivity contribution in [2.24, 2.45) is 0 Å². The number of pyridine rings is 1. The van der Waals surface area contributed by atoms with Crippen LogP contribution >= 0.6 is 0 Å². The number of sulfonamides is 1. The molecule has 2 rings (SSSR count). The minimum atomic E-state index is -3.93. The number of aryl methyl sites for hydroxylation is 2. The second-order valence-electron chi connectivity index (χ2n) is 5.03. The predicted octanol–water partition coefficient (Wildman–Crippen LogP) is 2.07. The quantitative estimate of drug-likeness (QED) is 0.882. The second kappa shape index (κ2) is 6.23. The number of nitrogens with zero attached hydrogens (tertiary/aromatic N) is 1. The molecule has 0 unspecified atom stereocenters. The first kappa shape index (κ1) is 16.1.